The maximum absolute atomic E-state index is 14.4. The van der Waals surface area contributed by atoms with Crippen LogP contribution in [0, 0.1) is 25.6 Å². The SMILES string of the molecule is Cc1cc2c(C(=O)O)nn(CC(=O)N3[C@@H]4C[C@@H]4C[C@H]3C(=O)N[C@H](C)c3cccc(Cl)c3F)c2c(C)n1. The highest BCUT2D eigenvalue weighted by Gasteiger charge is 2.56. The first-order valence-corrected chi connectivity index (χ1v) is 12.1. The van der Waals surface area contributed by atoms with Crippen molar-refractivity contribution in [3.8, 4) is 0 Å². The van der Waals surface area contributed by atoms with Gasteiger partial charge in [0.05, 0.1) is 22.3 Å². The second-order valence-corrected chi connectivity index (χ2v) is 9.95. The molecule has 1 saturated heterocycles. The van der Waals surface area contributed by atoms with E-state index in [1.165, 1.54) is 10.7 Å². The van der Waals surface area contributed by atoms with E-state index < -0.39 is 23.9 Å². The number of carbonyl (C=O) groups is 3. The van der Waals surface area contributed by atoms with Gasteiger partial charge in [-0.25, -0.2) is 9.18 Å². The Morgan fingerprint density at radius 1 is 1.28 bits per heavy atom. The van der Waals surface area contributed by atoms with E-state index in [4.69, 9.17) is 11.6 Å². The molecule has 1 aromatic carbocycles. The van der Waals surface area contributed by atoms with Crippen molar-refractivity contribution in [3.05, 3.63) is 57.8 Å². The Hall–Kier alpha value is -3.53. The van der Waals surface area contributed by atoms with Gasteiger partial charge >= 0.3 is 5.97 Å². The van der Waals surface area contributed by atoms with Crippen LogP contribution in [0.15, 0.2) is 24.3 Å². The zero-order valence-electron chi connectivity index (χ0n) is 20.0. The number of hydrogen-bond acceptors (Lipinski definition) is 5. The molecule has 0 bridgehead atoms. The van der Waals surface area contributed by atoms with Gasteiger partial charge in [0.2, 0.25) is 11.8 Å². The minimum Gasteiger partial charge on any atom is -0.476 e. The van der Waals surface area contributed by atoms with E-state index in [9.17, 15) is 23.9 Å². The van der Waals surface area contributed by atoms with Crippen molar-refractivity contribution in [2.24, 2.45) is 5.92 Å². The Morgan fingerprint density at radius 2 is 2.03 bits per heavy atom. The molecule has 2 aromatic heterocycles. The number of pyridine rings is 1. The average molecular weight is 514 g/mol. The van der Waals surface area contributed by atoms with Crippen LogP contribution in [0.2, 0.25) is 5.02 Å². The summed E-state index contributed by atoms with van der Waals surface area (Å²) in [7, 11) is 0. The minimum absolute atomic E-state index is 0.0281. The number of piperidine rings is 1. The number of nitrogens with zero attached hydrogens (tertiary/aromatic N) is 4. The van der Waals surface area contributed by atoms with Crippen molar-refractivity contribution in [2.45, 2.75) is 58.3 Å². The lowest BCUT2D eigenvalue weighted by Gasteiger charge is -2.28. The van der Waals surface area contributed by atoms with Crippen LogP contribution in [0.25, 0.3) is 10.9 Å². The molecule has 3 heterocycles. The summed E-state index contributed by atoms with van der Waals surface area (Å²) in [5.74, 6) is -2.25. The number of carboxylic acids is 1. The number of hydrogen-bond donors (Lipinski definition) is 2. The molecule has 0 unspecified atom stereocenters. The molecule has 188 valence electrons. The Labute approximate surface area is 211 Å². The van der Waals surface area contributed by atoms with Crippen molar-refractivity contribution >= 4 is 40.3 Å². The van der Waals surface area contributed by atoms with E-state index in [1.54, 1.807) is 43.9 Å². The number of aromatic carboxylic acids is 1. The van der Waals surface area contributed by atoms with Gasteiger partial charge in [-0.3, -0.25) is 19.3 Å². The smallest absolute Gasteiger partial charge is 0.357 e. The van der Waals surface area contributed by atoms with Crippen molar-refractivity contribution in [1.82, 2.24) is 25.0 Å². The van der Waals surface area contributed by atoms with E-state index in [0.29, 0.717) is 28.7 Å². The number of nitrogens with one attached hydrogen (secondary N) is 1. The average Bonchev–Trinajstić information content (AvgIpc) is 3.30. The van der Waals surface area contributed by atoms with Crippen molar-refractivity contribution in [1.29, 1.82) is 0 Å². The van der Waals surface area contributed by atoms with Crippen LogP contribution in [-0.4, -0.2) is 54.6 Å². The number of rotatable bonds is 6. The predicted molar refractivity (Wildman–Crippen MR) is 129 cm³/mol. The van der Waals surface area contributed by atoms with Crippen LogP contribution >= 0.6 is 11.6 Å². The highest BCUT2D eigenvalue weighted by Crippen LogP contribution is 2.48. The number of amides is 2. The molecule has 0 radical (unpaired) electrons. The second-order valence-electron chi connectivity index (χ2n) is 9.55. The molecular formula is C25H25ClFN5O4. The summed E-state index contributed by atoms with van der Waals surface area (Å²) in [6, 6.07) is 4.85. The number of carbonyl (C=O) groups excluding carboxylic acids is 2. The highest BCUT2D eigenvalue weighted by molar-refractivity contribution is 6.30. The lowest BCUT2D eigenvalue weighted by molar-refractivity contribution is -0.140. The number of fused-ring (bicyclic) bond motifs is 2. The fourth-order valence-corrected chi connectivity index (χ4v) is 5.51. The van der Waals surface area contributed by atoms with Gasteiger partial charge in [0.15, 0.2) is 5.69 Å². The molecule has 4 atom stereocenters. The molecule has 0 spiro atoms. The van der Waals surface area contributed by atoms with Crippen LogP contribution in [0.4, 0.5) is 4.39 Å². The summed E-state index contributed by atoms with van der Waals surface area (Å²) >= 11 is 5.88. The Balaban J connectivity index is 1.38. The van der Waals surface area contributed by atoms with E-state index in [2.05, 4.69) is 15.4 Å². The van der Waals surface area contributed by atoms with Crippen LogP contribution in [0.3, 0.4) is 0 Å². The maximum Gasteiger partial charge on any atom is 0.357 e. The van der Waals surface area contributed by atoms with Gasteiger partial charge in [0.25, 0.3) is 0 Å². The van der Waals surface area contributed by atoms with Gasteiger partial charge in [0, 0.05) is 22.7 Å². The summed E-state index contributed by atoms with van der Waals surface area (Å²) in [5, 5.41) is 17.0. The molecule has 1 saturated carbocycles. The molecule has 3 aromatic rings. The van der Waals surface area contributed by atoms with Gasteiger partial charge in [-0.1, -0.05) is 23.7 Å². The van der Waals surface area contributed by atoms with E-state index in [0.717, 1.165) is 6.42 Å². The third-order valence-corrected chi connectivity index (χ3v) is 7.31. The number of aryl methyl sites for hydroxylation is 2. The molecule has 36 heavy (non-hydrogen) atoms. The molecule has 5 rings (SSSR count). The molecule has 2 fully saturated rings. The van der Waals surface area contributed by atoms with Crippen LogP contribution < -0.4 is 5.32 Å². The Bertz CT molecular complexity index is 1420. The molecule has 2 aliphatic rings. The molecule has 2 N–H and O–H groups in total. The number of likely N-dealkylation sites (tertiary alicyclic amines) is 1. The summed E-state index contributed by atoms with van der Waals surface area (Å²) < 4.78 is 15.8. The monoisotopic (exact) mass is 513 g/mol. The molecule has 2 amide bonds. The first-order valence-electron chi connectivity index (χ1n) is 11.7. The second kappa shape index (κ2) is 8.85. The van der Waals surface area contributed by atoms with Gasteiger partial charge in [-0.05, 0) is 51.7 Å². The Kier molecular flexibility index (Phi) is 5.94. The van der Waals surface area contributed by atoms with Crippen molar-refractivity contribution < 1.29 is 23.9 Å². The topological polar surface area (TPSA) is 117 Å². The Morgan fingerprint density at radius 3 is 2.75 bits per heavy atom. The van der Waals surface area contributed by atoms with Gasteiger partial charge in [0.1, 0.15) is 18.4 Å². The first-order chi connectivity index (χ1) is 17.1. The molecule has 1 aliphatic carbocycles. The quantitative estimate of drug-likeness (QED) is 0.521. The molecular weight excluding hydrogens is 489 g/mol. The number of benzene rings is 1. The van der Waals surface area contributed by atoms with Crippen LogP contribution in [-0.2, 0) is 16.1 Å². The van der Waals surface area contributed by atoms with Crippen LogP contribution in [0.5, 0.6) is 0 Å². The van der Waals surface area contributed by atoms with Crippen molar-refractivity contribution in [2.75, 3.05) is 0 Å². The van der Waals surface area contributed by atoms with Gasteiger partial charge < -0.3 is 15.3 Å². The lowest BCUT2D eigenvalue weighted by Crippen LogP contribution is -2.49. The molecule has 11 heteroatoms. The normalized spacial score (nSPS) is 21.4. The molecule has 9 nitrogen and oxygen atoms in total. The third-order valence-electron chi connectivity index (χ3n) is 7.02. The standard InChI is InChI=1S/C25H25ClFN5O4/c1-11-7-16-22(25(35)36)30-31(23(16)13(3)28-11)10-20(33)32-18-8-14(18)9-19(32)24(34)29-12(2)15-5-4-6-17(26)21(15)27/h4-7,12,14,18-19H,8-10H2,1-3H3,(H,29,34)(H,35,36)/t12-,14-,18-,19+/m1/s1. The zero-order valence-corrected chi connectivity index (χ0v) is 20.7. The van der Waals surface area contributed by atoms with E-state index in [-0.39, 0.29) is 46.6 Å². The zero-order chi connectivity index (χ0) is 25.9. The summed E-state index contributed by atoms with van der Waals surface area (Å²) in [6.45, 7) is 4.94. The third kappa shape index (κ3) is 4.09. The van der Waals surface area contributed by atoms with E-state index in [1.807, 2.05) is 0 Å². The summed E-state index contributed by atoms with van der Waals surface area (Å²) in [5.41, 5.74) is 1.80. The lowest BCUT2D eigenvalue weighted by atomic mass is 10.1. The first kappa shape index (κ1) is 24.2. The number of halogens is 2. The predicted octanol–water partition coefficient (Wildman–Crippen LogP) is 3.41. The largest absolute Gasteiger partial charge is 0.476 e. The summed E-state index contributed by atoms with van der Waals surface area (Å²) in [6.07, 6.45) is 1.33. The fourth-order valence-electron chi connectivity index (χ4n) is 5.33. The highest BCUT2D eigenvalue weighted by atomic mass is 35.5. The van der Waals surface area contributed by atoms with Crippen LogP contribution in [0.1, 0.15) is 53.2 Å². The van der Waals surface area contributed by atoms with Crippen molar-refractivity contribution in [3.63, 3.8) is 0 Å². The number of aromatic nitrogens is 3. The minimum atomic E-state index is -1.20. The molecule has 1 aliphatic heterocycles. The maximum atomic E-state index is 14.4. The van der Waals surface area contributed by atoms with Gasteiger partial charge in [-0.15, -0.1) is 0 Å². The number of carboxylic acid groups (broad SMARTS) is 1. The summed E-state index contributed by atoms with van der Waals surface area (Å²) in [4.78, 5) is 44.4. The van der Waals surface area contributed by atoms with Gasteiger partial charge in [-0.2, -0.15) is 5.10 Å². The van der Waals surface area contributed by atoms with E-state index >= 15 is 0 Å². The fraction of sp³-hybridized carbons (Fsp3) is 0.400.